The Morgan fingerprint density at radius 2 is 1.87 bits per heavy atom. The quantitative estimate of drug-likeness (QED) is 0.854. The van der Waals surface area contributed by atoms with Crippen LogP contribution in [0.4, 0.5) is 0 Å². The predicted octanol–water partition coefficient (Wildman–Crippen LogP) is 1.92. The third-order valence-corrected chi connectivity index (χ3v) is 3.28. The number of hydrogen-bond acceptors (Lipinski definition) is 2. The van der Waals surface area contributed by atoms with E-state index in [2.05, 4.69) is 13.8 Å². The highest BCUT2D eigenvalue weighted by atomic mass is 32.2. The molecule has 1 aromatic rings. The highest BCUT2D eigenvalue weighted by molar-refractivity contribution is 7.89. The normalized spacial score (nSPS) is 12.0. The van der Waals surface area contributed by atoms with Gasteiger partial charge in [-0.2, -0.15) is 0 Å². The second kappa shape index (κ2) is 4.77. The topological polar surface area (TPSA) is 60.2 Å². The molecule has 0 saturated carbocycles. The van der Waals surface area contributed by atoms with Crippen LogP contribution >= 0.6 is 0 Å². The molecule has 0 spiro atoms. The van der Waals surface area contributed by atoms with Crippen LogP contribution in [0.15, 0.2) is 29.2 Å². The number of sulfonamides is 1. The molecule has 3 nitrogen and oxygen atoms in total. The summed E-state index contributed by atoms with van der Waals surface area (Å²) >= 11 is 0. The van der Waals surface area contributed by atoms with Crippen molar-refractivity contribution in [3.8, 4) is 0 Å². The molecule has 0 unspecified atom stereocenters. The van der Waals surface area contributed by atoms with Crippen molar-refractivity contribution in [2.24, 2.45) is 11.1 Å². The van der Waals surface area contributed by atoms with Crippen molar-refractivity contribution in [1.29, 1.82) is 0 Å². The Balaban J connectivity index is 2.98. The Morgan fingerprint density at radius 1 is 1.27 bits per heavy atom. The number of nitrogens with two attached hydrogens (primary N) is 1. The van der Waals surface area contributed by atoms with Crippen molar-refractivity contribution < 1.29 is 8.42 Å². The Morgan fingerprint density at radius 3 is 2.40 bits per heavy atom. The predicted molar refractivity (Wildman–Crippen MR) is 61.0 cm³/mol. The van der Waals surface area contributed by atoms with E-state index < -0.39 is 10.0 Å². The van der Waals surface area contributed by atoms with E-state index in [1.165, 1.54) is 0 Å². The minimum atomic E-state index is -3.58. The lowest BCUT2D eigenvalue weighted by Gasteiger charge is -2.08. The van der Waals surface area contributed by atoms with Gasteiger partial charge in [0.25, 0.3) is 0 Å². The first-order valence-electron chi connectivity index (χ1n) is 5.02. The molecule has 0 atom stereocenters. The summed E-state index contributed by atoms with van der Waals surface area (Å²) in [6.07, 6.45) is 1.72. The highest BCUT2D eigenvalue weighted by Gasteiger charge is 2.12. The van der Waals surface area contributed by atoms with Crippen molar-refractivity contribution >= 4 is 10.0 Å². The van der Waals surface area contributed by atoms with Gasteiger partial charge in [0.1, 0.15) is 0 Å². The van der Waals surface area contributed by atoms with Crippen LogP contribution in [-0.2, 0) is 16.4 Å². The second-order valence-electron chi connectivity index (χ2n) is 4.09. The van der Waals surface area contributed by atoms with E-state index in [1.54, 1.807) is 12.1 Å². The van der Waals surface area contributed by atoms with Gasteiger partial charge in [0.05, 0.1) is 4.90 Å². The van der Waals surface area contributed by atoms with Crippen LogP contribution in [0.3, 0.4) is 0 Å². The maximum Gasteiger partial charge on any atom is 0.238 e. The van der Waals surface area contributed by atoms with E-state index in [1.807, 2.05) is 12.1 Å². The fourth-order valence-electron chi connectivity index (χ4n) is 1.43. The summed E-state index contributed by atoms with van der Waals surface area (Å²) in [6.45, 7) is 4.22. The standard InChI is InChI=1S/C11H17NO2S/c1-9(2)7-8-10-5-3-4-6-11(10)15(12,13)14/h3-6,9H,7-8H2,1-2H3,(H2,12,13,14). The van der Waals surface area contributed by atoms with E-state index in [9.17, 15) is 8.42 Å². The largest absolute Gasteiger partial charge is 0.238 e. The molecule has 0 aromatic heterocycles. The maximum absolute atomic E-state index is 11.3. The zero-order chi connectivity index (χ0) is 11.5. The Hall–Kier alpha value is -0.870. The lowest BCUT2D eigenvalue weighted by atomic mass is 10.0. The molecule has 0 bridgehead atoms. The van der Waals surface area contributed by atoms with Crippen LogP contribution in [0.1, 0.15) is 25.8 Å². The molecule has 0 radical (unpaired) electrons. The van der Waals surface area contributed by atoms with Crippen molar-refractivity contribution in [3.05, 3.63) is 29.8 Å². The Bertz CT molecular complexity index is 424. The van der Waals surface area contributed by atoms with Gasteiger partial charge in [0.2, 0.25) is 10.0 Å². The van der Waals surface area contributed by atoms with E-state index in [-0.39, 0.29) is 4.90 Å². The molecule has 15 heavy (non-hydrogen) atoms. The zero-order valence-electron chi connectivity index (χ0n) is 9.10. The maximum atomic E-state index is 11.3. The minimum absolute atomic E-state index is 0.255. The van der Waals surface area contributed by atoms with E-state index >= 15 is 0 Å². The lowest BCUT2D eigenvalue weighted by Crippen LogP contribution is -2.14. The van der Waals surface area contributed by atoms with Crippen LogP contribution in [0.2, 0.25) is 0 Å². The van der Waals surface area contributed by atoms with Crippen molar-refractivity contribution in [2.75, 3.05) is 0 Å². The summed E-state index contributed by atoms with van der Waals surface area (Å²) in [5.74, 6) is 0.554. The van der Waals surface area contributed by atoms with E-state index in [4.69, 9.17) is 5.14 Å². The monoisotopic (exact) mass is 227 g/mol. The summed E-state index contributed by atoms with van der Waals surface area (Å²) in [5.41, 5.74) is 0.814. The molecule has 0 amide bonds. The molecular weight excluding hydrogens is 210 g/mol. The molecule has 0 aliphatic rings. The average molecular weight is 227 g/mol. The molecule has 0 aliphatic heterocycles. The minimum Gasteiger partial charge on any atom is -0.225 e. The first kappa shape index (κ1) is 12.2. The fraction of sp³-hybridized carbons (Fsp3) is 0.455. The number of rotatable bonds is 4. The van der Waals surface area contributed by atoms with E-state index in [0.29, 0.717) is 5.92 Å². The second-order valence-corrected chi connectivity index (χ2v) is 5.62. The van der Waals surface area contributed by atoms with Crippen LogP contribution in [0.25, 0.3) is 0 Å². The van der Waals surface area contributed by atoms with E-state index in [0.717, 1.165) is 18.4 Å². The molecule has 0 heterocycles. The van der Waals surface area contributed by atoms with Crippen LogP contribution < -0.4 is 5.14 Å². The number of hydrogen-bond donors (Lipinski definition) is 1. The van der Waals surface area contributed by atoms with Gasteiger partial charge in [0.15, 0.2) is 0 Å². The van der Waals surface area contributed by atoms with Crippen molar-refractivity contribution in [3.63, 3.8) is 0 Å². The first-order chi connectivity index (χ1) is 6.91. The van der Waals surface area contributed by atoms with Gasteiger partial charge < -0.3 is 0 Å². The summed E-state index contributed by atoms with van der Waals surface area (Å²) in [6, 6.07) is 6.91. The van der Waals surface area contributed by atoms with Crippen molar-refractivity contribution in [2.45, 2.75) is 31.6 Å². The number of benzene rings is 1. The summed E-state index contributed by atoms with van der Waals surface area (Å²) in [4.78, 5) is 0.255. The number of primary sulfonamides is 1. The third-order valence-electron chi connectivity index (χ3n) is 2.27. The van der Waals surface area contributed by atoms with Gasteiger partial charge in [-0.05, 0) is 30.4 Å². The molecule has 1 aromatic carbocycles. The molecule has 0 aliphatic carbocycles. The summed E-state index contributed by atoms with van der Waals surface area (Å²) in [5, 5.41) is 5.14. The lowest BCUT2D eigenvalue weighted by molar-refractivity contribution is 0.576. The van der Waals surface area contributed by atoms with Gasteiger partial charge in [0, 0.05) is 0 Å². The Labute approximate surface area is 91.4 Å². The molecule has 1 rings (SSSR count). The number of aryl methyl sites for hydroxylation is 1. The molecule has 84 valence electrons. The van der Waals surface area contributed by atoms with Gasteiger partial charge in [-0.15, -0.1) is 0 Å². The molecule has 2 N–H and O–H groups in total. The van der Waals surface area contributed by atoms with Gasteiger partial charge in [-0.25, -0.2) is 13.6 Å². The van der Waals surface area contributed by atoms with Crippen LogP contribution in [0, 0.1) is 5.92 Å². The van der Waals surface area contributed by atoms with Gasteiger partial charge in [-0.1, -0.05) is 32.0 Å². The zero-order valence-corrected chi connectivity index (χ0v) is 9.92. The molecule has 0 fully saturated rings. The molecular formula is C11H17NO2S. The smallest absolute Gasteiger partial charge is 0.225 e. The highest BCUT2D eigenvalue weighted by Crippen LogP contribution is 2.17. The first-order valence-corrected chi connectivity index (χ1v) is 6.56. The third kappa shape index (κ3) is 3.64. The summed E-state index contributed by atoms with van der Waals surface area (Å²) in [7, 11) is -3.58. The van der Waals surface area contributed by atoms with Gasteiger partial charge >= 0.3 is 0 Å². The summed E-state index contributed by atoms with van der Waals surface area (Å²) < 4.78 is 22.6. The van der Waals surface area contributed by atoms with Gasteiger partial charge in [-0.3, -0.25) is 0 Å². The van der Waals surface area contributed by atoms with Crippen LogP contribution in [-0.4, -0.2) is 8.42 Å². The van der Waals surface area contributed by atoms with Crippen molar-refractivity contribution in [1.82, 2.24) is 0 Å². The fourth-order valence-corrected chi connectivity index (χ4v) is 2.24. The average Bonchev–Trinajstić information content (AvgIpc) is 2.13. The SMILES string of the molecule is CC(C)CCc1ccccc1S(N)(=O)=O. The molecule has 0 saturated heterocycles. The Kier molecular flexibility index (Phi) is 3.88. The van der Waals surface area contributed by atoms with Crippen LogP contribution in [0.5, 0.6) is 0 Å². The molecule has 4 heteroatoms.